The first kappa shape index (κ1) is 18.0. The first-order valence-corrected chi connectivity index (χ1v) is 7.08. The SMILES string of the molecule is COc1cc(C(=O)O)ccc1O[C@@H]1O[C@H](C(=O)O)[C@@H](O)[C@H](O)[C@H]1C. The van der Waals surface area contributed by atoms with E-state index in [0.29, 0.717) is 0 Å². The maximum Gasteiger partial charge on any atom is 0.335 e. The molecule has 1 aliphatic heterocycles. The quantitative estimate of drug-likeness (QED) is 0.578. The van der Waals surface area contributed by atoms with Crippen molar-refractivity contribution in [1.82, 2.24) is 0 Å². The highest BCUT2D eigenvalue weighted by atomic mass is 16.7. The minimum atomic E-state index is -1.65. The third kappa shape index (κ3) is 3.42. The van der Waals surface area contributed by atoms with E-state index in [1.807, 2.05) is 0 Å². The van der Waals surface area contributed by atoms with Gasteiger partial charge in [0.25, 0.3) is 0 Å². The van der Waals surface area contributed by atoms with E-state index >= 15 is 0 Å². The molecule has 0 bridgehead atoms. The Morgan fingerprint density at radius 3 is 2.33 bits per heavy atom. The zero-order valence-corrected chi connectivity index (χ0v) is 12.9. The van der Waals surface area contributed by atoms with Crippen LogP contribution in [-0.2, 0) is 9.53 Å². The Bertz CT molecular complexity index is 629. The fourth-order valence-corrected chi connectivity index (χ4v) is 2.36. The van der Waals surface area contributed by atoms with Gasteiger partial charge in [0.1, 0.15) is 6.10 Å². The Labute approximate surface area is 137 Å². The second kappa shape index (κ2) is 7.04. The molecule has 1 aromatic carbocycles. The van der Waals surface area contributed by atoms with E-state index in [4.69, 9.17) is 24.4 Å². The number of aliphatic carboxylic acids is 1. The summed E-state index contributed by atoms with van der Waals surface area (Å²) in [5.74, 6) is -3.09. The van der Waals surface area contributed by atoms with Gasteiger partial charge in [0, 0.05) is 5.92 Å². The summed E-state index contributed by atoms with van der Waals surface area (Å²) in [6, 6.07) is 3.87. The molecule has 0 aliphatic carbocycles. The summed E-state index contributed by atoms with van der Waals surface area (Å²) in [7, 11) is 1.32. The molecule has 9 heteroatoms. The van der Waals surface area contributed by atoms with Crippen LogP contribution in [0.2, 0.25) is 0 Å². The highest BCUT2D eigenvalue weighted by Crippen LogP contribution is 2.33. The molecule has 0 saturated carbocycles. The lowest BCUT2D eigenvalue weighted by molar-refractivity contribution is -0.251. The summed E-state index contributed by atoms with van der Waals surface area (Å²) in [5, 5.41) is 37.8. The Balaban J connectivity index is 2.26. The number of carbonyl (C=O) groups is 2. The van der Waals surface area contributed by atoms with Crippen LogP contribution in [0, 0.1) is 5.92 Å². The van der Waals surface area contributed by atoms with Gasteiger partial charge >= 0.3 is 11.9 Å². The lowest BCUT2D eigenvalue weighted by Gasteiger charge is -2.39. The van der Waals surface area contributed by atoms with Crippen LogP contribution in [0.5, 0.6) is 11.5 Å². The van der Waals surface area contributed by atoms with Crippen molar-refractivity contribution in [3.05, 3.63) is 23.8 Å². The summed E-state index contributed by atoms with van der Waals surface area (Å²) in [6.07, 6.45) is -5.78. The van der Waals surface area contributed by atoms with Crippen LogP contribution in [0.15, 0.2) is 18.2 Å². The number of hydrogen-bond donors (Lipinski definition) is 4. The van der Waals surface area contributed by atoms with E-state index in [1.165, 1.54) is 32.2 Å². The molecular weight excluding hydrogens is 324 g/mol. The smallest absolute Gasteiger partial charge is 0.335 e. The number of aromatic carboxylic acids is 1. The van der Waals surface area contributed by atoms with Crippen molar-refractivity contribution < 1.29 is 44.2 Å². The fraction of sp³-hybridized carbons (Fsp3) is 0.467. The van der Waals surface area contributed by atoms with Gasteiger partial charge in [0.15, 0.2) is 17.6 Å². The Morgan fingerprint density at radius 2 is 1.79 bits per heavy atom. The average Bonchev–Trinajstić information content (AvgIpc) is 2.54. The van der Waals surface area contributed by atoms with Crippen molar-refractivity contribution in [3.8, 4) is 11.5 Å². The van der Waals surface area contributed by atoms with Gasteiger partial charge in [-0.25, -0.2) is 9.59 Å². The van der Waals surface area contributed by atoms with E-state index in [2.05, 4.69) is 0 Å². The van der Waals surface area contributed by atoms with E-state index in [9.17, 15) is 19.8 Å². The van der Waals surface area contributed by atoms with Gasteiger partial charge in [0.05, 0.1) is 18.8 Å². The van der Waals surface area contributed by atoms with Crippen LogP contribution in [0.3, 0.4) is 0 Å². The minimum Gasteiger partial charge on any atom is -0.493 e. The van der Waals surface area contributed by atoms with Gasteiger partial charge in [-0.1, -0.05) is 6.92 Å². The monoisotopic (exact) mass is 342 g/mol. The first-order valence-electron chi connectivity index (χ1n) is 7.08. The van der Waals surface area contributed by atoms with Crippen LogP contribution in [0.4, 0.5) is 0 Å². The topological polar surface area (TPSA) is 143 Å². The van der Waals surface area contributed by atoms with Crippen molar-refractivity contribution in [2.75, 3.05) is 7.11 Å². The summed E-state index contributed by atoms with van der Waals surface area (Å²) < 4.78 is 15.8. The van der Waals surface area contributed by atoms with Gasteiger partial charge in [0.2, 0.25) is 6.29 Å². The third-order valence-electron chi connectivity index (χ3n) is 3.81. The first-order chi connectivity index (χ1) is 11.3. The molecule has 0 unspecified atom stereocenters. The van der Waals surface area contributed by atoms with Crippen LogP contribution in [-0.4, -0.2) is 64.1 Å². The Hall–Kier alpha value is -2.36. The van der Waals surface area contributed by atoms with Crippen molar-refractivity contribution in [3.63, 3.8) is 0 Å². The molecule has 1 aliphatic rings. The van der Waals surface area contributed by atoms with Crippen LogP contribution < -0.4 is 9.47 Å². The van der Waals surface area contributed by atoms with Crippen molar-refractivity contribution in [2.45, 2.75) is 31.5 Å². The summed E-state index contributed by atoms with van der Waals surface area (Å²) in [6.45, 7) is 1.52. The Morgan fingerprint density at radius 1 is 1.12 bits per heavy atom. The third-order valence-corrected chi connectivity index (χ3v) is 3.81. The van der Waals surface area contributed by atoms with Crippen LogP contribution >= 0.6 is 0 Å². The maximum atomic E-state index is 11.1. The number of aliphatic hydroxyl groups is 2. The molecule has 5 atom stereocenters. The summed E-state index contributed by atoms with van der Waals surface area (Å²) >= 11 is 0. The zero-order chi connectivity index (χ0) is 18.0. The molecule has 1 fully saturated rings. The minimum absolute atomic E-state index is 0.0179. The number of methoxy groups -OCH3 is 1. The molecular formula is C15H18O9. The lowest BCUT2D eigenvalue weighted by atomic mass is 9.92. The number of rotatable bonds is 5. The van der Waals surface area contributed by atoms with E-state index in [1.54, 1.807) is 0 Å². The van der Waals surface area contributed by atoms with E-state index in [0.717, 1.165) is 0 Å². The van der Waals surface area contributed by atoms with Gasteiger partial charge in [-0.05, 0) is 18.2 Å². The predicted octanol–water partition coefficient (Wildman–Crippen LogP) is -0.0604. The normalized spacial score (nSPS) is 29.8. The molecule has 0 radical (unpaired) electrons. The number of carboxylic acid groups (broad SMARTS) is 2. The zero-order valence-electron chi connectivity index (χ0n) is 12.9. The second-order valence-electron chi connectivity index (χ2n) is 5.39. The number of benzene rings is 1. The lowest BCUT2D eigenvalue weighted by Crippen LogP contribution is -2.57. The molecule has 1 saturated heterocycles. The molecule has 4 N–H and O–H groups in total. The molecule has 9 nitrogen and oxygen atoms in total. The second-order valence-corrected chi connectivity index (χ2v) is 5.39. The largest absolute Gasteiger partial charge is 0.493 e. The maximum absolute atomic E-state index is 11.1. The van der Waals surface area contributed by atoms with Crippen LogP contribution in [0.25, 0.3) is 0 Å². The molecule has 1 heterocycles. The summed E-state index contributed by atoms with van der Waals surface area (Å²) in [4.78, 5) is 22.1. The molecule has 0 amide bonds. The Kier molecular flexibility index (Phi) is 5.27. The highest BCUT2D eigenvalue weighted by Gasteiger charge is 2.46. The van der Waals surface area contributed by atoms with Crippen molar-refractivity contribution >= 4 is 11.9 Å². The fourth-order valence-electron chi connectivity index (χ4n) is 2.36. The summed E-state index contributed by atoms with van der Waals surface area (Å²) in [5.41, 5.74) is -0.0179. The number of hydrogen-bond acceptors (Lipinski definition) is 7. The molecule has 1 aromatic rings. The molecule has 2 rings (SSSR count). The molecule has 132 valence electrons. The predicted molar refractivity (Wildman–Crippen MR) is 78.1 cm³/mol. The number of ether oxygens (including phenoxy) is 3. The van der Waals surface area contributed by atoms with Gasteiger partial charge < -0.3 is 34.6 Å². The van der Waals surface area contributed by atoms with Crippen molar-refractivity contribution in [1.29, 1.82) is 0 Å². The molecule has 0 aromatic heterocycles. The highest BCUT2D eigenvalue weighted by molar-refractivity contribution is 5.88. The standard InChI is InChI=1S/C15H18O9/c1-6-10(16)11(17)12(14(20)21)24-15(6)23-8-4-3-7(13(18)19)5-9(8)22-2/h3-6,10-12,15-17H,1-2H3,(H,18,19)(H,20,21)/t6-,10-,11+,12+,15-/m1/s1. The van der Waals surface area contributed by atoms with E-state index in [-0.39, 0.29) is 17.1 Å². The van der Waals surface area contributed by atoms with Gasteiger partial charge in [-0.15, -0.1) is 0 Å². The van der Waals surface area contributed by atoms with Crippen molar-refractivity contribution in [2.24, 2.45) is 5.92 Å². The number of aliphatic hydroxyl groups excluding tert-OH is 2. The van der Waals surface area contributed by atoms with E-state index < -0.39 is 42.5 Å². The van der Waals surface area contributed by atoms with Crippen LogP contribution in [0.1, 0.15) is 17.3 Å². The number of carboxylic acids is 2. The average molecular weight is 342 g/mol. The molecule has 0 spiro atoms. The molecule has 24 heavy (non-hydrogen) atoms. The van der Waals surface area contributed by atoms with Gasteiger partial charge in [-0.3, -0.25) is 0 Å². The van der Waals surface area contributed by atoms with Gasteiger partial charge in [-0.2, -0.15) is 0 Å².